The predicted octanol–water partition coefficient (Wildman–Crippen LogP) is 2.35. The Labute approximate surface area is 182 Å². The van der Waals surface area contributed by atoms with Crippen molar-refractivity contribution in [1.82, 2.24) is 14.3 Å². The number of nitrogens with one attached hydrogen (secondary N) is 2. The smallest absolute Gasteiger partial charge is 0.335 e. The number of nitrogens with zero attached hydrogens (tertiary/aromatic N) is 3. The minimum Gasteiger partial charge on any atom is -0.391 e. The molecule has 2 aliphatic rings. The Kier molecular flexibility index (Phi) is 5.67. The van der Waals surface area contributed by atoms with Crippen molar-refractivity contribution in [3.63, 3.8) is 0 Å². The number of anilines is 2. The summed E-state index contributed by atoms with van der Waals surface area (Å²) in [5.74, 6) is 1.29. The molecule has 0 spiro atoms. The van der Waals surface area contributed by atoms with E-state index in [-0.39, 0.29) is 17.5 Å². The molecule has 168 valence electrons. The molecular formula is C21H29N5O4S. The molecule has 0 amide bonds. The number of fused-ring (bicyclic) bond motifs is 1. The zero-order valence-corrected chi connectivity index (χ0v) is 18.7. The molecule has 1 fully saturated rings. The summed E-state index contributed by atoms with van der Waals surface area (Å²) in [5, 5.41) is 17.0. The van der Waals surface area contributed by atoms with Crippen LogP contribution in [0.5, 0.6) is 0 Å². The zero-order valence-electron chi connectivity index (χ0n) is 17.9. The quantitative estimate of drug-likeness (QED) is 0.497. The lowest BCUT2D eigenvalue weighted by atomic mass is 9.86. The summed E-state index contributed by atoms with van der Waals surface area (Å²) in [4.78, 5) is 8.63. The summed E-state index contributed by atoms with van der Waals surface area (Å²) in [7, 11) is -3.10. The highest BCUT2D eigenvalue weighted by Crippen LogP contribution is 2.45. The van der Waals surface area contributed by atoms with E-state index in [0.717, 1.165) is 10.7 Å². The van der Waals surface area contributed by atoms with Crippen LogP contribution in [0, 0.1) is 0 Å². The van der Waals surface area contributed by atoms with Crippen LogP contribution in [0.4, 0.5) is 11.6 Å². The molecule has 10 heteroatoms. The van der Waals surface area contributed by atoms with Crippen molar-refractivity contribution in [2.24, 2.45) is 0 Å². The van der Waals surface area contributed by atoms with Crippen LogP contribution in [0.15, 0.2) is 36.7 Å². The molecule has 31 heavy (non-hydrogen) atoms. The van der Waals surface area contributed by atoms with Gasteiger partial charge in [0, 0.05) is 19.2 Å². The fourth-order valence-electron chi connectivity index (χ4n) is 4.85. The van der Waals surface area contributed by atoms with Crippen molar-refractivity contribution >= 4 is 21.9 Å². The van der Waals surface area contributed by atoms with E-state index in [4.69, 9.17) is 0 Å². The molecule has 1 aromatic carbocycles. The van der Waals surface area contributed by atoms with E-state index in [1.807, 2.05) is 12.1 Å². The molecule has 0 radical (unpaired) electrons. The molecule has 0 bridgehead atoms. The van der Waals surface area contributed by atoms with Crippen molar-refractivity contribution in [3.8, 4) is 0 Å². The molecule has 9 nitrogen and oxygen atoms in total. The van der Waals surface area contributed by atoms with E-state index in [2.05, 4.69) is 52.6 Å². The molecule has 0 unspecified atom stereocenters. The van der Waals surface area contributed by atoms with Crippen LogP contribution in [0.1, 0.15) is 50.3 Å². The van der Waals surface area contributed by atoms with E-state index in [9.17, 15) is 18.1 Å². The largest absolute Gasteiger partial charge is 0.391 e. The average Bonchev–Trinajstić information content (AvgIpc) is 3.17. The summed E-state index contributed by atoms with van der Waals surface area (Å²) in [6, 6.07) is 9.53. The number of hydrogen-bond acceptors (Lipinski definition) is 7. The van der Waals surface area contributed by atoms with Gasteiger partial charge in [0.05, 0.1) is 18.2 Å². The molecule has 4 rings (SSSR count). The SMILES string of the molecule is CN([C@H]1C[C@@H](Nc2cc(N[C@H]3CC(C)(C)c4ccccc43)ncn2)C[C@@H]1O)S(=O)(=O)O. The number of likely N-dealkylation sites (N-methyl/N-ethyl adjacent to an activating group) is 1. The molecule has 2 aliphatic carbocycles. The summed E-state index contributed by atoms with van der Waals surface area (Å²) in [5.41, 5.74) is 2.70. The molecule has 0 aliphatic heterocycles. The highest BCUT2D eigenvalue weighted by atomic mass is 32.2. The molecule has 2 aromatic rings. The van der Waals surface area contributed by atoms with Crippen molar-refractivity contribution in [2.75, 3.05) is 17.7 Å². The van der Waals surface area contributed by atoms with Gasteiger partial charge in [0.15, 0.2) is 0 Å². The first-order chi connectivity index (χ1) is 14.5. The summed E-state index contributed by atoms with van der Waals surface area (Å²) in [6.45, 7) is 4.48. The van der Waals surface area contributed by atoms with E-state index in [0.29, 0.717) is 24.5 Å². The Hall–Kier alpha value is -2.27. The number of rotatable bonds is 6. The summed E-state index contributed by atoms with van der Waals surface area (Å²) < 4.78 is 32.9. The van der Waals surface area contributed by atoms with Crippen LogP contribution in [0.25, 0.3) is 0 Å². The second kappa shape index (κ2) is 8.01. The first kappa shape index (κ1) is 21.9. The third-order valence-electron chi connectivity index (χ3n) is 6.45. The van der Waals surface area contributed by atoms with E-state index < -0.39 is 22.4 Å². The second-order valence-corrected chi connectivity index (χ2v) is 10.6. The van der Waals surface area contributed by atoms with E-state index in [1.54, 1.807) is 0 Å². The number of aliphatic hydroxyl groups is 1. The molecular weight excluding hydrogens is 418 g/mol. The topological polar surface area (TPSA) is 128 Å². The fraction of sp³-hybridized carbons (Fsp3) is 0.524. The number of hydrogen-bond donors (Lipinski definition) is 4. The van der Waals surface area contributed by atoms with Gasteiger partial charge in [-0.2, -0.15) is 12.7 Å². The zero-order chi connectivity index (χ0) is 22.4. The summed E-state index contributed by atoms with van der Waals surface area (Å²) in [6.07, 6.45) is 2.26. The minimum atomic E-state index is -4.36. The molecule has 1 saturated carbocycles. The first-order valence-electron chi connectivity index (χ1n) is 10.4. The molecule has 0 saturated heterocycles. The number of benzene rings is 1. The van der Waals surface area contributed by atoms with Gasteiger partial charge >= 0.3 is 10.3 Å². The first-order valence-corrected chi connectivity index (χ1v) is 11.8. The highest BCUT2D eigenvalue weighted by molar-refractivity contribution is 7.83. The van der Waals surface area contributed by atoms with Gasteiger partial charge in [-0.3, -0.25) is 4.55 Å². The number of aromatic nitrogens is 2. The minimum absolute atomic E-state index is 0.0798. The maximum Gasteiger partial charge on any atom is 0.335 e. The van der Waals surface area contributed by atoms with Crippen LogP contribution < -0.4 is 10.6 Å². The average molecular weight is 448 g/mol. The fourth-order valence-corrected chi connectivity index (χ4v) is 5.42. The van der Waals surface area contributed by atoms with Gasteiger partial charge in [-0.1, -0.05) is 38.1 Å². The second-order valence-electron chi connectivity index (χ2n) is 9.10. The maximum absolute atomic E-state index is 11.4. The van der Waals surface area contributed by atoms with Crippen LogP contribution >= 0.6 is 0 Å². The monoisotopic (exact) mass is 447 g/mol. The normalized spacial score (nSPS) is 27.3. The maximum atomic E-state index is 11.4. The van der Waals surface area contributed by atoms with Crippen molar-refractivity contribution in [1.29, 1.82) is 0 Å². The van der Waals surface area contributed by atoms with Crippen LogP contribution in [0.3, 0.4) is 0 Å². The van der Waals surface area contributed by atoms with Crippen molar-refractivity contribution < 1.29 is 18.1 Å². The van der Waals surface area contributed by atoms with Gasteiger partial charge < -0.3 is 15.7 Å². The molecule has 4 N–H and O–H groups in total. The van der Waals surface area contributed by atoms with Crippen LogP contribution in [-0.2, 0) is 15.7 Å². The lowest BCUT2D eigenvalue weighted by molar-refractivity contribution is 0.118. The molecule has 1 aromatic heterocycles. The standard InChI is InChI=1S/C21H29N5O4S/c1-21(2)11-16(14-6-4-5-7-15(14)21)25-20-10-19(22-12-23-20)24-13-8-17(18(27)9-13)26(3)31(28,29)30/h4-7,10,12-13,16-18,27H,8-9,11H2,1-3H3,(H,28,29,30)(H2,22,23,24,25)/t13-,16+,17+,18+/m1/s1. The van der Waals surface area contributed by atoms with Crippen molar-refractivity contribution in [2.45, 2.75) is 62.8 Å². The van der Waals surface area contributed by atoms with E-state index >= 15 is 0 Å². The van der Waals surface area contributed by atoms with Gasteiger partial charge in [0.1, 0.15) is 18.0 Å². The third-order valence-corrected chi connectivity index (χ3v) is 7.45. The van der Waals surface area contributed by atoms with Gasteiger partial charge in [0.2, 0.25) is 0 Å². The Morgan fingerprint density at radius 1 is 1.13 bits per heavy atom. The Morgan fingerprint density at radius 2 is 1.81 bits per heavy atom. The van der Waals surface area contributed by atoms with Gasteiger partial charge in [-0.05, 0) is 35.8 Å². The number of aliphatic hydroxyl groups excluding tert-OH is 1. The molecule has 4 atom stereocenters. The summed E-state index contributed by atoms with van der Waals surface area (Å²) >= 11 is 0. The van der Waals surface area contributed by atoms with Gasteiger partial charge in [-0.25, -0.2) is 9.97 Å². The lowest BCUT2D eigenvalue weighted by Crippen LogP contribution is -2.41. The highest BCUT2D eigenvalue weighted by Gasteiger charge is 2.40. The Morgan fingerprint density at radius 3 is 2.52 bits per heavy atom. The Bertz CT molecular complexity index is 1060. The molecule has 1 heterocycles. The third kappa shape index (κ3) is 4.52. The van der Waals surface area contributed by atoms with Crippen molar-refractivity contribution in [3.05, 3.63) is 47.8 Å². The predicted molar refractivity (Wildman–Crippen MR) is 118 cm³/mol. The lowest BCUT2D eigenvalue weighted by Gasteiger charge is -2.23. The van der Waals surface area contributed by atoms with Crippen LogP contribution in [-0.4, -0.2) is 57.6 Å². The van der Waals surface area contributed by atoms with Gasteiger partial charge in [-0.15, -0.1) is 0 Å². The van der Waals surface area contributed by atoms with Crippen LogP contribution in [0.2, 0.25) is 0 Å². The Balaban J connectivity index is 1.44. The van der Waals surface area contributed by atoms with E-state index in [1.165, 1.54) is 24.5 Å². The van der Waals surface area contributed by atoms with Gasteiger partial charge in [0.25, 0.3) is 0 Å².